The molecule has 1 fully saturated rings. The summed E-state index contributed by atoms with van der Waals surface area (Å²) in [5, 5.41) is 0. The molecule has 0 bridgehead atoms. The van der Waals surface area contributed by atoms with E-state index in [1.807, 2.05) is 6.07 Å². The standard InChI is InChI=1S/C15H21NO/c1-2-16(12-13-7-4-3-5-8-13)14-9-6-10-15(17)11-14/h3-5,7-8,14H,2,6,9-12H2,1H3. The Labute approximate surface area is 104 Å². The summed E-state index contributed by atoms with van der Waals surface area (Å²) in [6.45, 7) is 4.17. The number of ketones is 1. The van der Waals surface area contributed by atoms with Crippen molar-refractivity contribution in [2.24, 2.45) is 0 Å². The van der Waals surface area contributed by atoms with Crippen molar-refractivity contribution in [3.63, 3.8) is 0 Å². The van der Waals surface area contributed by atoms with Gasteiger partial charge in [-0.2, -0.15) is 0 Å². The largest absolute Gasteiger partial charge is 0.300 e. The zero-order valence-electron chi connectivity index (χ0n) is 10.6. The summed E-state index contributed by atoms with van der Waals surface area (Å²) < 4.78 is 0. The van der Waals surface area contributed by atoms with Gasteiger partial charge < -0.3 is 0 Å². The molecule has 92 valence electrons. The summed E-state index contributed by atoms with van der Waals surface area (Å²) in [6, 6.07) is 11.0. The number of rotatable bonds is 4. The Bertz CT molecular complexity index is 360. The molecule has 0 amide bonds. The normalized spacial score (nSPS) is 20.8. The van der Waals surface area contributed by atoms with Crippen LogP contribution in [0.15, 0.2) is 30.3 Å². The van der Waals surface area contributed by atoms with Crippen LogP contribution in [0.2, 0.25) is 0 Å². The van der Waals surface area contributed by atoms with Gasteiger partial charge in [-0.1, -0.05) is 37.3 Å². The lowest BCUT2D eigenvalue weighted by molar-refractivity contribution is -0.122. The Balaban J connectivity index is 1.98. The topological polar surface area (TPSA) is 20.3 Å². The van der Waals surface area contributed by atoms with Crippen molar-refractivity contribution in [2.45, 2.75) is 45.2 Å². The highest BCUT2D eigenvalue weighted by Crippen LogP contribution is 2.21. The molecule has 0 saturated heterocycles. The Kier molecular flexibility index (Phi) is 4.32. The summed E-state index contributed by atoms with van der Waals surface area (Å²) in [6.07, 6.45) is 3.78. The second-order valence-corrected chi connectivity index (χ2v) is 4.84. The van der Waals surface area contributed by atoms with E-state index in [4.69, 9.17) is 0 Å². The molecule has 2 rings (SSSR count). The number of hydrogen-bond acceptors (Lipinski definition) is 2. The molecule has 0 aromatic heterocycles. The van der Waals surface area contributed by atoms with E-state index in [2.05, 4.69) is 36.1 Å². The first-order valence-corrected chi connectivity index (χ1v) is 6.59. The van der Waals surface area contributed by atoms with Crippen molar-refractivity contribution in [2.75, 3.05) is 6.54 Å². The maximum absolute atomic E-state index is 11.5. The molecular weight excluding hydrogens is 210 g/mol. The van der Waals surface area contributed by atoms with Crippen LogP contribution >= 0.6 is 0 Å². The molecule has 0 N–H and O–H groups in total. The highest BCUT2D eigenvalue weighted by Gasteiger charge is 2.24. The van der Waals surface area contributed by atoms with Gasteiger partial charge in [-0.3, -0.25) is 9.69 Å². The predicted octanol–water partition coefficient (Wildman–Crippen LogP) is 3.02. The van der Waals surface area contributed by atoms with Gasteiger partial charge in [0.25, 0.3) is 0 Å². The lowest BCUT2D eigenvalue weighted by atomic mass is 9.93. The van der Waals surface area contributed by atoms with Gasteiger partial charge >= 0.3 is 0 Å². The number of carbonyl (C=O) groups excluding carboxylic acids is 1. The van der Waals surface area contributed by atoms with Gasteiger partial charge in [0.15, 0.2) is 0 Å². The maximum Gasteiger partial charge on any atom is 0.134 e. The summed E-state index contributed by atoms with van der Waals surface area (Å²) >= 11 is 0. The fourth-order valence-corrected chi connectivity index (χ4v) is 2.63. The lowest BCUT2D eigenvalue weighted by Gasteiger charge is -2.32. The molecule has 0 heterocycles. The van der Waals surface area contributed by atoms with Crippen LogP contribution in [0.5, 0.6) is 0 Å². The number of benzene rings is 1. The number of hydrogen-bond donors (Lipinski definition) is 0. The van der Waals surface area contributed by atoms with Crippen LogP contribution in [-0.2, 0) is 11.3 Å². The highest BCUT2D eigenvalue weighted by atomic mass is 16.1. The first-order chi connectivity index (χ1) is 8.29. The fourth-order valence-electron chi connectivity index (χ4n) is 2.63. The molecule has 1 atom stereocenters. The molecule has 1 aromatic carbocycles. The van der Waals surface area contributed by atoms with Crippen LogP contribution in [0.1, 0.15) is 38.2 Å². The summed E-state index contributed by atoms with van der Waals surface area (Å²) in [5.74, 6) is 0.438. The summed E-state index contributed by atoms with van der Waals surface area (Å²) in [4.78, 5) is 14.0. The molecule has 17 heavy (non-hydrogen) atoms. The zero-order valence-corrected chi connectivity index (χ0v) is 10.6. The third-order valence-electron chi connectivity index (χ3n) is 3.61. The van der Waals surface area contributed by atoms with Crippen LogP contribution in [-0.4, -0.2) is 23.3 Å². The second kappa shape index (κ2) is 5.97. The third-order valence-corrected chi connectivity index (χ3v) is 3.61. The molecule has 0 aliphatic heterocycles. The zero-order chi connectivity index (χ0) is 12.1. The number of nitrogens with zero attached hydrogens (tertiary/aromatic N) is 1. The SMILES string of the molecule is CCN(Cc1ccccc1)C1CCCC(=O)C1. The fraction of sp³-hybridized carbons (Fsp3) is 0.533. The first-order valence-electron chi connectivity index (χ1n) is 6.59. The second-order valence-electron chi connectivity index (χ2n) is 4.84. The average Bonchev–Trinajstić information content (AvgIpc) is 2.37. The monoisotopic (exact) mass is 231 g/mol. The van der Waals surface area contributed by atoms with E-state index in [0.29, 0.717) is 11.8 Å². The average molecular weight is 231 g/mol. The third kappa shape index (κ3) is 3.40. The van der Waals surface area contributed by atoms with E-state index in [0.717, 1.165) is 32.4 Å². The molecule has 1 aromatic rings. The molecule has 1 unspecified atom stereocenters. The van der Waals surface area contributed by atoms with Crippen LogP contribution in [0.25, 0.3) is 0 Å². The Morgan fingerprint density at radius 1 is 1.29 bits per heavy atom. The first kappa shape index (κ1) is 12.3. The molecular formula is C15H21NO. The summed E-state index contributed by atoms with van der Waals surface area (Å²) in [5.41, 5.74) is 1.34. The molecule has 2 heteroatoms. The van der Waals surface area contributed by atoms with Crippen LogP contribution in [0, 0.1) is 0 Å². The molecule has 1 aliphatic carbocycles. The van der Waals surface area contributed by atoms with Crippen molar-refractivity contribution in [3.8, 4) is 0 Å². The minimum absolute atomic E-state index is 0.438. The minimum Gasteiger partial charge on any atom is -0.300 e. The van der Waals surface area contributed by atoms with Crippen molar-refractivity contribution >= 4 is 5.78 Å². The van der Waals surface area contributed by atoms with E-state index in [1.54, 1.807) is 0 Å². The van der Waals surface area contributed by atoms with Gasteiger partial charge in [0.1, 0.15) is 5.78 Å². The van der Waals surface area contributed by atoms with E-state index in [1.165, 1.54) is 12.0 Å². The van der Waals surface area contributed by atoms with Crippen LogP contribution in [0.4, 0.5) is 0 Å². The smallest absolute Gasteiger partial charge is 0.134 e. The highest BCUT2D eigenvalue weighted by molar-refractivity contribution is 5.79. The van der Waals surface area contributed by atoms with Crippen LogP contribution in [0.3, 0.4) is 0 Å². The predicted molar refractivity (Wildman–Crippen MR) is 69.8 cm³/mol. The van der Waals surface area contributed by atoms with Crippen molar-refractivity contribution in [1.29, 1.82) is 0 Å². The number of Topliss-reactive ketones (excluding diaryl/α,β-unsaturated/α-hetero) is 1. The molecule has 0 radical (unpaired) electrons. The Morgan fingerprint density at radius 3 is 2.71 bits per heavy atom. The van der Waals surface area contributed by atoms with Gasteiger partial charge in [0.05, 0.1) is 0 Å². The van der Waals surface area contributed by atoms with E-state index < -0.39 is 0 Å². The van der Waals surface area contributed by atoms with E-state index >= 15 is 0 Å². The minimum atomic E-state index is 0.438. The van der Waals surface area contributed by atoms with Crippen molar-refractivity contribution < 1.29 is 4.79 Å². The van der Waals surface area contributed by atoms with Gasteiger partial charge in [-0.15, -0.1) is 0 Å². The van der Waals surface area contributed by atoms with Crippen molar-refractivity contribution in [1.82, 2.24) is 4.90 Å². The molecule has 0 spiro atoms. The Morgan fingerprint density at radius 2 is 2.06 bits per heavy atom. The molecule has 1 saturated carbocycles. The number of carbonyl (C=O) groups is 1. The van der Waals surface area contributed by atoms with Gasteiger partial charge in [-0.25, -0.2) is 0 Å². The quantitative estimate of drug-likeness (QED) is 0.794. The maximum atomic E-state index is 11.5. The van der Waals surface area contributed by atoms with Crippen molar-refractivity contribution in [3.05, 3.63) is 35.9 Å². The van der Waals surface area contributed by atoms with E-state index in [-0.39, 0.29) is 0 Å². The Hall–Kier alpha value is -1.15. The summed E-state index contributed by atoms with van der Waals surface area (Å²) in [7, 11) is 0. The molecule has 1 aliphatic rings. The van der Waals surface area contributed by atoms with E-state index in [9.17, 15) is 4.79 Å². The van der Waals surface area contributed by atoms with Gasteiger partial charge in [0, 0.05) is 25.4 Å². The lowest BCUT2D eigenvalue weighted by Crippen LogP contribution is -2.38. The van der Waals surface area contributed by atoms with Gasteiger partial charge in [-0.05, 0) is 24.9 Å². The molecule has 2 nitrogen and oxygen atoms in total. The van der Waals surface area contributed by atoms with Crippen LogP contribution < -0.4 is 0 Å². The van der Waals surface area contributed by atoms with Gasteiger partial charge in [0.2, 0.25) is 0 Å².